The van der Waals surface area contributed by atoms with Crippen LogP contribution in [-0.4, -0.2) is 37.2 Å². The minimum Gasteiger partial charge on any atom is -0.462 e. The molecule has 0 aliphatic heterocycles. The van der Waals surface area contributed by atoms with Crippen molar-refractivity contribution < 1.29 is 28.6 Å². The van der Waals surface area contributed by atoms with Crippen molar-refractivity contribution in [1.82, 2.24) is 0 Å². The van der Waals surface area contributed by atoms with Gasteiger partial charge in [-0.1, -0.05) is 366 Å². The summed E-state index contributed by atoms with van der Waals surface area (Å²) >= 11 is 0. The smallest absolute Gasteiger partial charge is 0.306 e. The maximum Gasteiger partial charge on any atom is 0.306 e. The van der Waals surface area contributed by atoms with Gasteiger partial charge in [0.15, 0.2) is 6.10 Å². The van der Waals surface area contributed by atoms with Crippen molar-refractivity contribution in [2.75, 3.05) is 13.2 Å². The van der Waals surface area contributed by atoms with E-state index in [4.69, 9.17) is 14.2 Å². The van der Waals surface area contributed by atoms with Crippen LogP contribution in [0, 0.1) is 0 Å². The number of carbonyl (C=O) groups excluding carboxylic acids is 3. The molecule has 0 aliphatic carbocycles. The van der Waals surface area contributed by atoms with E-state index < -0.39 is 6.10 Å². The number of hydrogen-bond acceptors (Lipinski definition) is 6. The van der Waals surface area contributed by atoms with Gasteiger partial charge in [0.25, 0.3) is 0 Å². The molecule has 0 saturated carbocycles. The van der Waals surface area contributed by atoms with Crippen molar-refractivity contribution in [3.05, 3.63) is 24.3 Å². The fraction of sp³-hybridized carbons (Fsp3) is 0.905. The van der Waals surface area contributed by atoms with Crippen molar-refractivity contribution in [3.8, 4) is 0 Å². The molecule has 6 heteroatoms. The molecular weight excluding hydrogens is 985 g/mol. The standard InChI is InChI=1S/C74H140O6/c1-4-7-10-13-16-19-21-23-25-27-29-31-33-35-37-39-41-43-45-47-49-51-53-55-58-61-64-67-73(76)79-70-71(69-78-72(75)66-63-60-57-18-15-12-9-6-3)80-74(77)68-65-62-59-56-54-52-50-48-46-44-42-40-38-36-34-32-30-28-26-24-22-20-17-14-11-8-5-2/h21,23,27,29,71H,4-20,22,24-26,28,30-70H2,1-3H3/b23-21-,29-27-. The number of hydrogen-bond donors (Lipinski definition) is 0. The molecule has 0 aromatic carbocycles. The first kappa shape index (κ1) is 77.9. The molecule has 0 aliphatic rings. The third-order valence-electron chi connectivity index (χ3n) is 16.7. The van der Waals surface area contributed by atoms with E-state index in [1.807, 2.05) is 0 Å². The fourth-order valence-corrected chi connectivity index (χ4v) is 11.2. The molecule has 0 bridgehead atoms. The molecule has 0 radical (unpaired) electrons. The fourth-order valence-electron chi connectivity index (χ4n) is 11.2. The van der Waals surface area contributed by atoms with Gasteiger partial charge in [-0.15, -0.1) is 0 Å². The predicted molar refractivity (Wildman–Crippen MR) is 349 cm³/mol. The Morgan fingerprint density at radius 1 is 0.250 bits per heavy atom. The number of unbranched alkanes of at least 4 members (excludes halogenated alkanes) is 53. The SMILES string of the molecule is CCCCCCC/C=C\C/C=C\CCCCCCCCCCCCCCCCCC(=O)OCC(COC(=O)CCCCCCCCCC)OC(=O)CCCCCCCCCCCCCCCCCCCCCCCCCCCCC. The van der Waals surface area contributed by atoms with Gasteiger partial charge < -0.3 is 14.2 Å². The first-order valence-electron chi connectivity index (χ1n) is 36.3. The second-order valence-corrected chi connectivity index (χ2v) is 24.9. The van der Waals surface area contributed by atoms with Crippen molar-refractivity contribution in [2.24, 2.45) is 0 Å². The molecule has 0 amide bonds. The molecular formula is C74H140O6. The van der Waals surface area contributed by atoms with E-state index in [-0.39, 0.29) is 31.1 Å². The summed E-state index contributed by atoms with van der Waals surface area (Å²) in [4.78, 5) is 38.3. The number of esters is 3. The van der Waals surface area contributed by atoms with Gasteiger partial charge in [0.1, 0.15) is 13.2 Å². The van der Waals surface area contributed by atoms with E-state index in [1.54, 1.807) is 0 Å². The minimum absolute atomic E-state index is 0.0647. The summed E-state index contributed by atoms with van der Waals surface area (Å²) in [5.41, 5.74) is 0. The normalized spacial score (nSPS) is 12.1. The van der Waals surface area contributed by atoms with E-state index in [2.05, 4.69) is 45.1 Å². The minimum atomic E-state index is -0.766. The monoisotopic (exact) mass is 1130 g/mol. The first-order chi connectivity index (χ1) is 39.5. The van der Waals surface area contributed by atoms with Crippen LogP contribution in [0.2, 0.25) is 0 Å². The van der Waals surface area contributed by atoms with Gasteiger partial charge in [0.2, 0.25) is 0 Å². The van der Waals surface area contributed by atoms with Crippen LogP contribution >= 0.6 is 0 Å². The quantitative estimate of drug-likeness (QED) is 0.0261. The Labute approximate surface area is 500 Å². The molecule has 6 nitrogen and oxygen atoms in total. The number of rotatable bonds is 68. The second kappa shape index (κ2) is 69.4. The lowest BCUT2D eigenvalue weighted by atomic mass is 10.0. The van der Waals surface area contributed by atoms with Crippen LogP contribution in [0.4, 0.5) is 0 Å². The van der Waals surface area contributed by atoms with Crippen LogP contribution in [0.25, 0.3) is 0 Å². The molecule has 0 N–H and O–H groups in total. The molecule has 0 rings (SSSR count). The van der Waals surface area contributed by atoms with Gasteiger partial charge in [0.05, 0.1) is 0 Å². The van der Waals surface area contributed by atoms with Crippen molar-refractivity contribution >= 4 is 17.9 Å². The van der Waals surface area contributed by atoms with E-state index >= 15 is 0 Å². The Bertz CT molecular complexity index is 1290. The molecule has 0 aromatic rings. The Kier molecular flexibility index (Phi) is 67.6. The average Bonchev–Trinajstić information content (AvgIpc) is 3.46. The molecule has 1 atom stereocenters. The maximum absolute atomic E-state index is 12.9. The maximum atomic E-state index is 12.9. The van der Waals surface area contributed by atoms with Crippen LogP contribution in [0.5, 0.6) is 0 Å². The molecule has 0 saturated heterocycles. The van der Waals surface area contributed by atoms with Gasteiger partial charge in [0, 0.05) is 19.3 Å². The molecule has 1 unspecified atom stereocenters. The van der Waals surface area contributed by atoms with Crippen molar-refractivity contribution in [3.63, 3.8) is 0 Å². The van der Waals surface area contributed by atoms with E-state index in [1.165, 1.54) is 308 Å². The summed E-state index contributed by atoms with van der Waals surface area (Å²) in [6.07, 6.45) is 85.3. The second-order valence-electron chi connectivity index (χ2n) is 24.9. The Morgan fingerprint density at radius 3 is 0.688 bits per heavy atom. The summed E-state index contributed by atoms with van der Waals surface area (Å²) < 4.78 is 16.9. The van der Waals surface area contributed by atoms with Gasteiger partial charge in [-0.3, -0.25) is 14.4 Å². The van der Waals surface area contributed by atoms with E-state index in [0.717, 1.165) is 64.2 Å². The highest BCUT2D eigenvalue weighted by Crippen LogP contribution is 2.19. The summed E-state index contributed by atoms with van der Waals surface area (Å²) in [5, 5.41) is 0. The van der Waals surface area contributed by atoms with Crippen LogP contribution in [0.3, 0.4) is 0 Å². The van der Waals surface area contributed by atoms with E-state index in [0.29, 0.717) is 19.3 Å². The lowest BCUT2D eigenvalue weighted by Crippen LogP contribution is -2.30. The van der Waals surface area contributed by atoms with E-state index in [9.17, 15) is 14.4 Å². The molecule has 0 spiro atoms. The summed E-state index contributed by atoms with van der Waals surface area (Å²) in [6.45, 7) is 6.68. The van der Waals surface area contributed by atoms with Crippen LogP contribution in [-0.2, 0) is 28.6 Å². The van der Waals surface area contributed by atoms with Gasteiger partial charge in [-0.05, 0) is 51.4 Å². The Morgan fingerprint density at radius 2 is 0.450 bits per heavy atom. The van der Waals surface area contributed by atoms with Crippen LogP contribution in [0.1, 0.15) is 412 Å². The summed E-state index contributed by atoms with van der Waals surface area (Å²) in [7, 11) is 0. The molecule has 80 heavy (non-hydrogen) atoms. The van der Waals surface area contributed by atoms with Gasteiger partial charge in [-0.2, -0.15) is 0 Å². The third-order valence-corrected chi connectivity index (χ3v) is 16.7. The Balaban J connectivity index is 4.04. The highest BCUT2D eigenvalue weighted by molar-refractivity contribution is 5.71. The van der Waals surface area contributed by atoms with Gasteiger partial charge >= 0.3 is 17.9 Å². The predicted octanol–water partition coefficient (Wildman–Crippen LogP) is 25.0. The zero-order chi connectivity index (χ0) is 57.8. The summed E-state index contributed by atoms with van der Waals surface area (Å²) in [5.74, 6) is -0.838. The highest BCUT2D eigenvalue weighted by atomic mass is 16.6. The van der Waals surface area contributed by atoms with Crippen molar-refractivity contribution in [2.45, 2.75) is 419 Å². The Hall–Kier alpha value is -2.11. The largest absolute Gasteiger partial charge is 0.462 e. The lowest BCUT2D eigenvalue weighted by Gasteiger charge is -2.18. The zero-order valence-electron chi connectivity index (χ0n) is 54.4. The topological polar surface area (TPSA) is 78.9 Å². The van der Waals surface area contributed by atoms with Crippen LogP contribution < -0.4 is 0 Å². The third kappa shape index (κ3) is 66.7. The first-order valence-corrected chi connectivity index (χ1v) is 36.3. The van der Waals surface area contributed by atoms with Crippen LogP contribution in [0.15, 0.2) is 24.3 Å². The van der Waals surface area contributed by atoms with Gasteiger partial charge in [-0.25, -0.2) is 0 Å². The van der Waals surface area contributed by atoms with Crippen molar-refractivity contribution in [1.29, 1.82) is 0 Å². The zero-order valence-corrected chi connectivity index (χ0v) is 54.4. The number of allylic oxidation sites excluding steroid dienone is 4. The number of ether oxygens (including phenoxy) is 3. The molecule has 0 aromatic heterocycles. The highest BCUT2D eigenvalue weighted by Gasteiger charge is 2.19. The molecule has 0 fully saturated rings. The lowest BCUT2D eigenvalue weighted by molar-refractivity contribution is -0.167. The average molecular weight is 1130 g/mol. The molecule has 0 heterocycles. The number of carbonyl (C=O) groups is 3. The molecule has 472 valence electrons. The summed E-state index contributed by atoms with van der Waals surface area (Å²) in [6, 6.07) is 0.